The molecule has 1 amide bonds. The summed E-state index contributed by atoms with van der Waals surface area (Å²) in [4.78, 5) is 18.3. The van der Waals surface area contributed by atoms with Gasteiger partial charge in [0.05, 0.1) is 20.3 Å². The fraction of sp³-hybridized carbons (Fsp3) is 0.143. The molecule has 0 fully saturated rings. The lowest BCUT2D eigenvalue weighted by molar-refractivity contribution is -0.116. The number of carbonyl (C=O) groups excluding carboxylic acids is 1. The molecule has 0 radical (unpaired) electrons. The van der Waals surface area contributed by atoms with E-state index in [1.807, 2.05) is 0 Å². The molecule has 1 aromatic heterocycles. The van der Waals surface area contributed by atoms with Crippen molar-refractivity contribution in [2.75, 3.05) is 30.5 Å². The summed E-state index contributed by atoms with van der Waals surface area (Å²) in [7, 11) is -2.44. The maximum Gasteiger partial charge on any atom is 0.248 e. The molecule has 160 valence electrons. The molecule has 0 saturated carbocycles. The van der Waals surface area contributed by atoms with Crippen molar-refractivity contribution in [2.45, 2.75) is 4.90 Å². The molecule has 1 N–H and O–H groups in total. The average molecular weight is 442 g/mol. The van der Waals surface area contributed by atoms with Gasteiger partial charge in [-0.1, -0.05) is 6.07 Å². The number of aromatic nitrogens is 1. The molecular formula is C21H19FN4O4S. The minimum atomic E-state index is -3.98. The number of rotatable bonds is 5. The third-order valence-corrected chi connectivity index (χ3v) is 6.54. The van der Waals surface area contributed by atoms with Crippen molar-refractivity contribution >= 4 is 33.1 Å². The molecule has 4 rings (SSSR count). The van der Waals surface area contributed by atoms with Crippen LogP contribution >= 0.6 is 0 Å². The van der Waals surface area contributed by atoms with E-state index in [4.69, 9.17) is 4.74 Å². The van der Waals surface area contributed by atoms with Gasteiger partial charge in [0.15, 0.2) is 5.82 Å². The van der Waals surface area contributed by atoms with Gasteiger partial charge in [0.1, 0.15) is 16.5 Å². The lowest BCUT2D eigenvalue weighted by Crippen LogP contribution is -2.47. The van der Waals surface area contributed by atoms with Gasteiger partial charge in [-0.15, -0.1) is 0 Å². The Kier molecular flexibility index (Phi) is 5.57. The Hall–Kier alpha value is -3.50. The van der Waals surface area contributed by atoms with E-state index in [-0.39, 0.29) is 17.4 Å². The molecule has 3 aromatic rings. The number of sulfonamides is 1. The zero-order valence-electron chi connectivity index (χ0n) is 16.5. The molecule has 2 aromatic carbocycles. The molecule has 31 heavy (non-hydrogen) atoms. The molecule has 1 aliphatic rings. The van der Waals surface area contributed by atoms with Gasteiger partial charge in [-0.05, 0) is 54.6 Å². The second-order valence-electron chi connectivity index (χ2n) is 6.77. The Morgan fingerprint density at radius 1 is 1.16 bits per heavy atom. The molecular weight excluding hydrogens is 423 g/mol. The standard InChI is InChI=1S/C21H19FN4O4S/c1-30-18-9-7-16(8-10-18)24-20(27)13-25-14-26(17-5-2-4-15(22)12-17)21-19(31(25,28)29)6-3-11-23-21/h2-12H,13-14H2,1H3,(H,24,27). The molecule has 0 spiro atoms. The normalized spacial score (nSPS) is 15.2. The van der Waals surface area contributed by atoms with E-state index in [0.717, 1.165) is 4.31 Å². The Labute approximate surface area is 178 Å². The first-order chi connectivity index (χ1) is 14.9. The first kappa shape index (κ1) is 20.8. The summed E-state index contributed by atoms with van der Waals surface area (Å²) in [6.07, 6.45) is 1.46. The number of carbonyl (C=O) groups is 1. The molecule has 1 aliphatic heterocycles. The van der Waals surface area contributed by atoms with Gasteiger partial charge in [-0.3, -0.25) is 4.79 Å². The SMILES string of the molecule is COc1ccc(NC(=O)CN2CN(c3cccc(F)c3)c3ncccc3S2(=O)=O)cc1. The van der Waals surface area contributed by atoms with Crippen LogP contribution in [0.25, 0.3) is 0 Å². The van der Waals surface area contributed by atoms with Gasteiger partial charge in [-0.25, -0.2) is 17.8 Å². The van der Waals surface area contributed by atoms with E-state index in [9.17, 15) is 17.6 Å². The van der Waals surface area contributed by atoms with E-state index < -0.39 is 28.3 Å². The van der Waals surface area contributed by atoms with Crippen molar-refractivity contribution in [3.05, 3.63) is 72.7 Å². The van der Waals surface area contributed by atoms with Crippen molar-refractivity contribution in [3.8, 4) is 5.75 Å². The van der Waals surface area contributed by atoms with E-state index in [0.29, 0.717) is 17.1 Å². The Balaban J connectivity index is 1.62. The number of ether oxygens (including phenoxy) is 1. The summed E-state index contributed by atoms with van der Waals surface area (Å²) >= 11 is 0. The quantitative estimate of drug-likeness (QED) is 0.653. The number of hydrogen-bond acceptors (Lipinski definition) is 6. The number of halogens is 1. The van der Waals surface area contributed by atoms with Crippen molar-refractivity contribution in [2.24, 2.45) is 0 Å². The van der Waals surface area contributed by atoms with Crippen LogP contribution in [-0.2, 0) is 14.8 Å². The summed E-state index contributed by atoms with van der Waals surface area (Å²) in [5.41, 5.74) is 0.930. The van der Waals surface area contributed by atoms with Crippen LogP contribution < -0.4 is 15.0 Å². The highest BCUT2D eigenvalue weighted by Gasteiger charge is 2.38. The second-order valence-corrected chi connectivity index (χ2v) is 8.67. The van der Waals surface area contributed by atoms with Crippen LogP contribution in [0.4, 0.5) is 21.6 Å². The first-order valence-corrected chi connectivity index (χ1v) is 10.7. The maximum atomic E-state index is 13.8. The smallest absolute Gasteiger partial charge is 0.248 e. The second kappa shape index (κ2) is 8.32. The van der Waals surface area contributed by atoms with Gasteiger partial charge >= 0.3 is 0 Å². The van der Waals surface area contributed by atoms with Crippen LogP contribution in [0.15, 0.2) is 71.8 Å². The van der Waals surface area contributed by atoms with Crippen LogP contribution in [-0.4, -0.2) is 43.9 Å². The predicted molar refractivity (Wildman–Crippen MR) is 113 cm³/mol. The van der Waals surface area contributed by atoms with Crippen molar-refractivity contribution in [1.82, 2.24) is 9.29 Å². The van der Waals surface area contributed by atoms with Gasteiger partial charge < -0.3 is 15.0 Å². The van der Waals surface area contributed by atoms with Gasteiger partial charge in [0.25, 0.3) is 0 Å². The fourth-order valence-corrected chi connectivity index (χ4v) is 4.72. The van der Waals surface area contributed by atoms with Crippen molar-refractivity contribution in [3.63, 3.8) is 0 Å². The Bertz CT molecular complexity index is 1220. The molecule has 8 nitrogen and oxygen atoms in total. The lowest BCUT2D eigenvalue weighted by atomic mass is 10.2. The monoisotopic (exact) mass is 442 g/mol. The number of benzene rings is 2. The molecule has 0 aliphatic carbocycles. The lowest BCUT2D eigenvalue weighted by Gasteiger charge is -2.36. The molecule has 0 saturated heterocycles. The summed E-state index contributed by atoms with van der Waals surface area (Å²) in [6, 6.07) is 15.3. The average Bonchev–Trinajstić information content (AvgIpc) is 2.76. The van der Waals surface area contributed by atoms with Gasteiger partial charge in [0.2, 0.25) is 15.9 Å². The number of anilines is 3. The number of fused-ring (bicyclic) bond motifs is 1. The van der Waals surface area contributed by atoms with Crippen molar-refractivity contribution < 1.29 is 22.3 Å². The Morgan fingerprint density at radius 3 is 2.65 bits per heavy atom. The van der Waals surface area contributed by atoms with Crippen LogP contribution in [0, 0.1) is 5.82 Å². The highest BCUT2D eigenvalue weighted by molar-refractivity contribution is 7.89. The topological polar surface area (TPSA) is 91.8 Å². The first-order valence-electron chi connectivity index (χ1n) is 9.30. The minimum Gasteiger partial charge on any atom is -0.497 e. The van der Waals surface area contributed by atoms with E-state index in [2.05, 4.69) is 10.3 Å². The summed E-state index contributed by atoms with van der Waals surface area (Å²) < 4.78 is 46.1. The predicted octanol–water partition coefficient (Wildman–Crippen LogP) is 2.97. The van der Waals surface area contributed by atoms with Crippen LogP contribution in [0.3, 0.4) is 0 Å². The Morgan fingerprint density at radius 2 is 1.94 bits per heavy atom. The largest absolute Gasteiger partial charge is 0.497 e. The number of nitrogens with one attached hydrogen (secondary N) is 1. The molecule has 0 unspecified atom stereocenters. The molecule has 2 heterocycles. The number of nitrogens with zero attached hydrogens (tertiary/aromatic N) is 3. The van der Waals surface area contributed by atoms with Crippen LogP contribution in [0.1, 0.15) is 0 Å². The minimum absolute atomic E-state index is 0.0530. The zero-order valence-corrected chi connectivity index (χ0v) is 17.3. The van der Waals surface area contributed by atoms with Crippen LogP contribution in [0.2, 0.25) is 0 Å². The fourth-order valence-electron chi connectivity index (χ4n) is 3.24. The summed E-state index contributed by atoms with van der Waals surface area (Å²) in [6.45, 7) is -0.611. The van der Waals surface area contributed by atoms with E-state index >= 15 is 0 Å². The van der Waals surface area contributed by atoms with E-state index in [1.54, 1.807) is 35.2 Å². The maximum absolute atomic E-state index is 13.8. The molecule has 10 heteroatoms. The zero-order chi connectivity index (χ0) is 22.0. The highest BCUT2D eigenvalue weighted by atomic mass is 32.2. The number of methoxy groups -OCH3 is 1. The summed E-state index contributed by atoms with van der Waals surface area (Å²) in [5, 5.41) is 2.67. The van der Waals surface area contributed by atoms with Crippen LogP contribution in [0.5, 0.6) is 5.75 Å². The number of amides is 1. The number of pyridine rings is 1. The highest BCUT2D eigenvalue weighted by Crippen LogP contribution is 2.36. The summed E-state index contributed by atoms with van der Waals surface area (Å²) in [5.74, 6) is -0.168. The third-order valence-electron chi connectivity index (χ3n) is 4.74. The molecule has 0 atom stereocenters. The van der Waals surface area contributed by atoms with Gasteiger partial charge in [-0.2, -0.15) is 4.31 Å². The van der Waals surface area contributed by atoms with Gasteiger partial charge in [0, 0.05) is 17.6 Å². The third kappa shape index (κ3) is 4.21. The molecule has 0 bridgehead atoms. The number of hydrogen-bond donors (Lipinski definition) is 1. The van der Waals surface area contributed by atoms with Crippen molar-refractivity contribution in [1.29, 1.82) is 0 Å². The van der Waals surface area contributed by atoms with E-state index in [1.165, 1.54) is 43.6 Å².